The topological polar surface area (TPSA) is 55.8 Å². The Bertz CT molecular complexity index is 674. The summed E-state index contributed by atoms with van der Waals surface area (Å²) in [5.41, 5.74) is 1.15. The zero-order valence-corrected chi connectivity index (χ0v) is 17.1. The number of nitrogens with zero attached hydrogens (tertiary/aromatic N) is 2. The Balaban J connectivity index is 1.43. The van der Waals surface area contributed by atoms with Crippen LogP contribution in [0.2, 0.25) is 0 Å². The summed E-state index contributed by atoms with van der Waals surface area (Å²) in [5.74, 6) is 1.10. The van der Waals surface area contributed by atoms with Crippen LogP contribution in [0.4, 0.5) is 0 Å². The third kappa shape index (κ3) is 6.18. The minimum atomic E-state index is 0.210. The molecule has 1 saturated carbocycles. The molecule has 0 unspecified atom stereocenters. The van der Waals surface area contributed by atoms with Gasteiger partial charge in [-0.2, -0.15) is 4.68 Å². The summed E-state index contributed by atoms with van der Waals surface area (Å²) in [6.45, 7) is 11.6. The van der Waals surface area contributed by atoms with Crippen LogP contribution >= 0.6 is 35.3 Å². The first kappa shape index (κ1) is 19.0. The number of aromatic nitrogens is 2. The molecule has 1 amide bonds. The Morgan fingerprint density at radius 1 is 1.40 bits per heavy atom. The molecule has 25 heavy (non-hydrogen) atoms. The molecule has 2 heterocycles. The molecule has 1 aliphatic heterocycles. The molecule has 1 saturated heterocycles. The lowest BCUT2D eigenvalue weighted by Crippen LogP contribution is -3.28. The normalized spacial score (nSPS) is 23.4. The first-order valence-corrected chi connectivity index (χ1v) is 11.0. The second kappa shape index (κ2) is 8.77. The van der Waals surface area contributed by atoms with Crippen LogP contribution in [0.15, 0.2) is 16.5 Å². The van der Waals surface area contributed by atoms with E-state index in [2.05, 4.69) is 17.0 Å². The highest BCUT2D eigenvalue weighted by Gasteiger charge is 2.28. The van der Waals surface area contributed by atoms with Gasteiger partial charge in [-0.05, 0) is 32.0 Å². The maximum Gasteiger partial charge on any atom is 0.275 e. The molecule has 0 spiro atoms. The summed E-state index contributed by atoms with van der Waals surface area (Å²) in [4.78, 5) is 14.8. The molecule has 0 atom stereocenters. The van der Waals surface area contributed by atoms with Gasteiger partial charge in [0.05, 0.1) is 0 Å². The van der Waals surface area contributed by atoms with E-state index >= 15 is 0 Å². The molecule has 1 aromatic heterocycles. The van der Waals surface area contributed by atoms with Crippen LogP contribution in [-0.4, -0.2) is 60.2 Å². The number of hydrogen-bond acceptors (Lipinski definition) is 5. The van der Waals surface area contributed by atoms with E-state index in [9.17, 15) is 4.79 Å². The molecular formula is C16H27N5OS3+2. The summed E-state index contributed by atoms with van der Waals surface area (Å²) in [7, 11) is 0. The van der Waals surface area contributed by atoms with E-state index in [0.29, 0.717) is 12.6 Å². The van der Waals surface area contributed by atoms with Gasteiger partial charge in [-0.25, -0.2) is 0 Å². The lowest BCUT2D eigenvalue weighted by atomic mass is 10.3. The number of hydrogen-bond donors (Lipinski definition) is 3. The van der Waals surface area contributed by atoms with Crippen LogP contribution in [0, 0.1) is 3.95 Å². The van der Waals surface area contributed by atoms with Gasteiger partial charge < -0.3 is 15.1 Å². The molecule has 2 fully saturated rings. The van der Waals surface area contributed by atoms with Gasteiger partial charge in [-0.15, -0.1) is 5.10 Å². The van der Waals surface area contributed by atoms with Crippen molar-refractivity contribution in [1.82, 2.24) is 15.1 Å². The second-order valence-corrected chi connectivity index (χ2v) is 9.90. The van der Waals surface area contributed by atoms with Crippen LogP contribution in [0.5, 0.6) is 0 Å². The molecule has 6 nitrogen and oxygen atoms in total. The average Bonchev–Trinajstić information content (AvgIpc) is 3.30. The van der Waals surface area contributed by atoms with E-state index in [1.165, 1.54) is 9.80 Å². The van der Waals surface area contributed by atoms with E-state index in [1.807, 2.05) is 11.6 Å². The quantitative estimate of drug-likeness (QED) is 0.308. The number of piperazine rings is 1. The number of thioether (sulfide) groups is 1. The van der Waals surface area contributed by atoms with Gasteiger partial charge >= 0.3 is 0 Å². The summed E-state index contributed by atoms with van der Waals surface area (Å²) in [6, 6.07) is 0.460. The van der Waals surface area contributed by atoms with Gasteiger partial charge in [0.25, 0.3) is 5.91 Å². The van der Waals surface area contributed by atoms with Crippen LogP contribution in [0.1, 0.15) is 19.8 Å². The minimum absolute atomic E-state index is 0.210. The molecular weight excluding hydrogens is 374 g/mol. The predicted octanol–water partition coefficient (Wildman–Crippen LogP) is -0.638. The van der Waals surface area contributed by atoms with Gasteiger partial charge in [-0.3, -0.25) is 4.79 Å². The van der Waals surface area contributed by atoms with E-state index in [-0.39, 0.29) is 5.91 Å². The zero-order chi connectivity index (χ0) is 17.8. The van der Waals surface area contributed by atoms with Crippen LogP contribution in [0.25, 0.3) is 0 Å². The Morgan fingerprint density at radius 2 is 2.08 bits per heavy atom. The van der Waals surface area contributed by atoms with Gasteiger partial charge in [0, 0.05) is 11.8 Å². The fourth-order valence-electron chi connectivity index (χ4n) is 2.87. The summed E-state index contributed by atoms with van der Waals surface area (Å²) in [5, 5.41) is 7.72. The molecule has 3 rings (SSSR count). The van der Waals surface area contributed by atoms with Gasteiger partial charge in [0.2, 0.25) is 0 Å². The van der Waals surface area contributed by atoms with Crippen molar-refractivity contribution in [2.24, 2.45) is 0 Å². The monoisotopic (exact) mass is 401 g/mol. The maximum absolute atomic E-state index is 11.9. The summed E-state index contributed by atoms with van der Waals surface area (Å²) < 4.78 is 3.82. The van der Waals surface area contributed by atoms with Gasteiger partial charge in [0.15, 0.2) is 21.5 Å². The van der Waals surface area contributed by atoms with Crippen molar-refractivity contribution >= 4 is 41.2 Å². The zero-order valence-electron chi connectivity index (χ0n) is 14.7. The van der Waals surface area contributed by atoms with Crippen molar-refractivity contribution in [2.75, 3.05) is 38.5 Å². The Kier molecular flexibility index (Phi) is 6.67. The highest BCUT2D eigenvalue weighted by atomic mass is 32.2. The molecule has 0 bridgehead atoms. The van der Waals surface area contributed by atoms with E-state index in [1.54, 1.807) is 23.1 Å². The highest BCUT2D eigenvalue weighted by molar-refractivity contribution is 8.01. The second-order valence-electron chi connectivity index (χ2n) is 7.06. The van der Waals surface area contributed by atoms with Crippen molar-refractivity contribution in [3.8, 4) is 0 Å². The van der Waals surface area contributed by atoms with Crippen LogP contribution in [0.3, 0.4) is 0 Å². The molecule has 1 aromatic rings. The third-order valence-corrected chi connectivity index (χ3v) is 7.09. The highest BCUT2D eigenvalue weighted by Crippen LogP contribution is 2.23. The molecule has 138 valence electrons. The molecule has 0 aromatic carbocycles. The lowest BCUT2D eigenvalue weighted by Gasteiger charge is -2.29. The number of amides is 1. The third-order valence-electron chi connectivity index (χ3n) is 4.42. The number of carbonyl (C=O) groups excluding carboxylic acids is 1. The smallest absolute Gasteiger partial charge is 0.275 e. The molecule has 3 N–H and O–H groups in total. The fraction of sp³-hybridized carbons (Fsp3) is 0.688. The standard InChI is InChI=1S/C16H25N5OS3/c1-12(2)10-24-15-18-21(16(23)25-15)11-20-7-5-19(6-8-20)9-14(22)17-13-3-4-13/h13H,1,3-11H2,2H3,(H,17,22)/p+2. The number of quaternary nitrogens is 2. The number of rotatable bonds is 8. The van der Waals surface area contributed by atoms with Crippen LogP contribution < -0.4 is 15.1 Å². The first-order chi connectivity index (χ1) is 12.0. The predicted molar refractivity (Wildman–Crippen MR) is 104 cm³/mol. The Labute approximate surface area is 162 Å². The molecule has 0 radical (unpaired) electrons. The summed E-state index contributed by atoms with van der Waals surface area (Å²) in [6.07, 6.45) is 2.31. The fourth-order valence-corrected chi connectivity index (χ4v) is 5.04. The van der Waals surface area contributed by atoms with Crippen molar-refractivity contribution in [3.05, 3.63) is 16.1 Å². The van der Waals surface area contributed by atoms with Crippen molar-refractivity contribution < 1.29 is 14.6 Å². The first-order valence-electron chi connectivity index (χ1n) is 8.81. The molecule has 1 aliphatic carbocycles. The van der Waals surface area contributed by atoms with E-state index in [0.717, 1.165) is 65.3 Å². The maximum atomic E-state index is 11.9. The summed E-state index contributed by atoms with van der Waals surface area (Å²) >= 11 is 8.75. The minimum Gasteiger partial charge on any atom is -0.348 e. The van der Waals surface area contributed by atoms with Crippen molar-refractivity contribution in [1.29, 1.82) is 0 Å². The SMILES string of the molecule is C=C(C)CSc1nn(C[NH+]2CC[NH+](CC(=O)NC3CC3)CC2)c(=S)s1. The Morgan fingerprint density at radius 3 is 2.72 bits per heavy atom. The average molecular weight is 402 g/mol. The van der Waals surface area contributed by atoms with Crippen molar-refractivity contribution in [3.63, 3.8) is 0 Å². The van der Waals surface area contributed by atoms with Crippen LogP contribution in [-0.2, 0) is 11.5 Å². The largest absolute Gasteiger partial charge is 0.348 e. The van der Waals surface area contributed by atoms with Gasteiger partial charge in [0.1, 0.15) is 26.2 Å². The van der Waals surface area contributed by atoms with E-state index < -0.39 is 0 Å². The lowest BCUT2D eigenvalue weighted by molar-refractivity contribution is -1.02. The van der Waals surface area contributed by atoms with Crippen molar-refractivity contribution in [2.45, 2.75) is 36.8 Å². The number of carbonyl (C=O) groups is 1. The number of nitrogens with one attached hydrogen (secondary N) is 3. The Hall–Kier alpha value is -0.740. The van der Waals surface area contributed by atoms with Gasteiger partial charge in [-0.1, -0.05) is 35.3 Å². The molecule has 2 aliphatic rings. The molecule has 9 heteroatoms. The van der Waals surface area contributed by atoms with E-state index in [4.69, 9.17) is 12.2 Å².